The molecule has 1 amide bonds. The standard InChI is InChI=1S/C28H28F2N2O/c1-28(2,16-6-8-21-9-7-17-31-20-21)32-27(33)15-5-14-26(22-10-3-12-24(29)18-22)23-11-4-13-25(30)19-23/h3-5,7,9-15,17-20H,6,8,16H2,1-2H3,(H,32,33)/b15-5+. The summed E-state index contributed by atoms with van der Waals surface area (Å²) in [5, 5.41) is 3.02. The molecule has 2 aromatic carbocycles. The molecule has 0 aliphatic rings. The van der Waals surface area contributed by atoms with E-state index in [-0.39, 0.29) is 23.1 Å². The molecule has 0 bridgehead atoms. The summed E-state index contributed by atoms with van der Waals surface area (Å²) in [4.78, 5) is 16.6. The van der Waals surface area contributed by atoms with E-state index >= 15 is 0 Å². The van der Waals surface area contributed by atoms with Gasteiger partial charge in [0.05, 0.1) is 0 Å². The van der Waals surface area contributed by atoms with Crippen LogP contribution in [0.5, 0.6) is 0 Å². The van der Waals surface area contributed by atoms with Gasteiger partial charge in [0.25, 0.3) is 0 Å². The van der Waals surface area contributed by atoms with Gasteiger partial charge in [-0.1, -0.05) is 42.5 Å². The molecule has 0 fully saturated rings. The van der Waals surface area contributed by atoms with E-state index in [9.17, 15) is 13.6 Å². The largest absolute Gasteiger partial charge is 0.348 e. The van der Waals surface area contributed by atoms with Crippen LogP contribution in [0, 0.1) is 11.6 Å². The predicted molar refractivity (Wildman–Crippen MR) is 128 cm³/mol. The second-order valence-electron chi connectivity index (χ2n) is 8.55. The lowest BCUT2D eigenvalue weighted by molar-refractivity contribution is -0.118. The van der Waals surface area contributed by atoms with Gasteiger partial charge in [0.15, 0.2) is 0 Å². The number of allylic oxidation sites excluding steroid dienone is 2. The van der Waals surface area contributed by atoms with Crippen LogP contribution in [0.15, 0.2) is 91.3 Å². The number of amides is 1. The normalized spacial score (nSPS) is 11.4. The number of rotatable bonds is 9. The first-order valence-corrected chi connectivity index (χ1v) is 10.9. The van der Waals surface area contributed by atoms with Gasteiger partial charge in [-0.05, 0) is 85.7 Å². The van der Waals surface area contributed by atoms with E-state index in [1.54, 1.807) is 42.6 Å². The maximum Gasteiger partial charge on any atom is 0.244 e. The van der Waals surface area contributed by atoms with Crippen molar-refractivity contribution in [1.82, 2.24) is 10.3 Å². The van der Waals surface area contributed by atoms with Crippen LogP contribution < -0.4 is 5.32 Å². The van der Waals surface area contributed by atoms with Crippen molar-refractivity contribution >= 4 is 11.5 Å². The number of halogens is 2. The van der Waals surface area contributed by atoms with E-state index in [1.807, 2.05) is 32.2 Å². The van der Waals surface area contributed by atoms with Gasteiger partial charge in [-0.15, -0.1) is 0 Å². The van der Waals surface area contributed by atoms with Crippen LogP contribution in [0.1, 0.15) is 43.4 Å². The van der Waals surface area contributed by atoms with Gasteiger partial charge in [0.2, 0.25) is 5.91 Å². The van der Waals surface area contributed by atoms with Crippen molar-refractivity contribution in [2.75, 3.05) is 0 Å². The Bertz CT molecular complexity index is 1090. The Hall–Kier alpha value is -3.60. The zero-order valence-electron chi connectivity index (χ0n) is 18.9. The summed E-state index contributed by atoms with van der Waals surface area (Å²) in [6, 6.07) is 16.1. The number of carbonyl (C=O) groups is 1. The molecule has 3 aromatic rings. The number of hydrogen-bond acceptors (Lipinski definition) is 2. The maximum atomic E-state index is 13.8. The van der Waals surface area contributed by atoms with Gasteiger partial charge in [0.1, 0.15) is 11.6 Å². The molecular formula is C28H28F2N2O. The molecule has 0 unspecified atom stereocenters. The van der Waals surface area contributed by atoms with E-state index in [0.29, 0.717) is 16.7 Å². The third-order valence-electron chi connectivity index (χ3n) is 5.23. The van der Waals surface area contributed by atoms with Crippen LogP contribution >= 0.6 is 0 Å². The fraction of sp³-hybridized carbons (Fsp3) is 0.214. The summed E-state index contributed by atoms with van der Waals surface area (Å²) < 4.78 is 27.6. The van der Waals surface area contributed by atoms with Crippen LogP contribution in [0.3, 0.4) is 0 Å². The number of aryl methyl sites for hydroxylation is 1. The molecule has 1 aromatic heterocycles. The zero-order valence-corrected chi connectivity index (χ0v) is 18.9. The number of nitrogens with zero attached hydrogens (tertiary/aromatic N) is 1. The second-order valence-corrected chi connectivity index (χ2v) is 8.55. The molecular weight excluding hydrogens is 418 g/mol. The van der Waals surface area contributed by atoms with Gasteiger partial charge in [-0.3, -0.25) is 9.78 Å². The average molecular weight is 447 g/mol. The van der Waals surface area contributed by atoms with Crippen molar-refractivity contribution < 1.29 is 13.6 Å². The van der Waals surface area contributed by atoms with Crippen molar-refractivity contribution in [3.63, 3.8) is 0 Å². The molecule has 0 radical (unpaired) electrons. The number of pyridine rings is 1. The zero-order chi connectivity index (χ0) is 23.7. The Labute approximate surface area is 193 Å². The van der Waals surface area contributed by atoms with Crippen LogP contribution in [0.25, 0.3) is 5.57 Å². The molecule has 3 nitrogen and oxygen atoms in total. The molecule has 0 aliphatic carbocycles. The summed E-state index contributed by atoms with van der Waals surface area (Å²) in [6.07, 6.45) is 11.0. The Morgan fingerprint density at radius 1 is 1.00 bits per heavy atom. The number of aromatic nitrogens is 1. The minimum absolute atomic E-state index is 0.226. The number of benzene rings is 2. The topological polar surface area (TPSA) is 42.0 Å². The lowest BCUT2D eigenvalue weighted by Gasteiger charge is -2.25. The van der Waals surface area contributed by atoms with E-state index in [0.717, 1.165) is 19.3 Å². The Kier molecular flexibility index (Phi) is 8.25. The first-order valence-electron chi connectivity index (χ1n) is 10.9. The number of nitrogens with one attached hydrogen (secondary N) is 1. The quantitative estimate of drug-likeness (QED) is 0.311. The molecule has 0 aliphatic heterocycles. The van der Waals surface area contributed by atoms with E-state index in [2.05, 4.69) is 10.3 Å². The number of carbonyl (C=O) groups excluding carboxylic acids is 1. The molecule has 1 heterocycles. The summed E-state index contributed by atoms with van der Waals surface area (Å²) in [7, 11) is 0. The molecule has 0 saturated heterocycles. The molecule has 0 saturated carbocycles. The first-order chi connectivity index (χ1) is 15.8. The molecule has 3 rings (SSSR count). The number of hydrogen-bond donors (Lipinski definition) is 1. The van der Waals surface area contributed by atoms with Crippen molar-refractivity contribution in [1.29, 1.82) is 0 Å². The lowest BCUT2D eigenvalue weighted by atomic mass is 9.95. The first kappa shape index (κ1) is 24.1. The molecule has 170 valence electrons. The SMILES string of the molecule is CC(C)(CCCc1cccnc1)NC(=O)/C=C/C=C(c1cccc(F)c1)c1cccc(F)c1. The van der Waals surface area contributed by atoms with Gasteiger partial charge in [0, 0.05) is 24.0 Å². The fourth-order valence-corrected chi connectivity index (χ4v) is 3.62. The van der Waals surface area contributed by atoms with Gasteiger partial charge >= 0.3 is 0 Å². The maximum absolute atomic E-state index is 13.8. The highest BCUT2D eigenvalue weighted by molar-refractivity contribution is 5.89. The summed E-state index contributed by atoms with van der Waals surface area (Å²) in [5.41, 5.74) is 2.62. The highest BCUT2D eigenvalue weighted by Gasteiger charge is 2.18. The summed E-state index contributed by atoms with van der Waals surface area (Å²) in [6.45, 7) is 3.98. The van der Waals surface area contributed by atoms with Crippen LogP contribution in [-0.4, -0.2) is 16.4 Å². The highest BCUT2D eigenvalue weighted by atomic mass is 19.1. The minimum Gasteiger partial charge on any atom is -0.348 e. The van der Waals surface area contributed by atoms with E-state index in [4.69, 9.17) is 0 Å². The molecule has 5 heteroatoms. The Morgan fingerprint density at radius 3 is 2.24 bits per heavy atom. The third-order valence-corrected chi connectivity index (χ3v) is 5.23. The average Bonchev–Trinajstić information content (AvgIpc) is 2.77. The van der Waals surface area contributed by atoms with Gasteiger partial charge in [-0.25, -0.2) is 8.78 Å². The van der Waals surface area contributed by atoms with Crippen LogP contribution in [0.4, 0.5) is 8.78 Å². The second kappa shape index (κ2) is 11.3. The third kappa shape index (κ3) is 7.79. The summed E-state index contributed by atoms with van der Waals surface area (Å²) in [5.74, 6) is -0.996. The molecule has 33 heavy (non-hydrogen) atoms. The Morgan fingerprint density at radius 2 is 1.67 bits per heavy atom. The van der Waals surface area contributed by atoms with Crippen LogP contribution in [-0.2, 0) is 11.2 Å². The minimum atomic E-state index is -0.385. The molecule has 0 spiro atoms. The van der Waals surface area contributed by atoms with Crippen molar-refractivity contribution in [2.45, 2.75) is 38.6 Å². The highest BCUT2D eigenvalue weighted by Crippen LogP contribution is 2.25. The predicted octanol–water partition coefficient (Wildman–Crippen LogP) is 6.27. The van der Waals surface area contributed by atoms with Crippen LogP contribution in [0.2, 0.25) is 0 Å². The monoisotopic (exact) mass is 446 g/mol. The van der Waals surface area contributed by atoms with Crippen molar-refractivity contribution in [2.24, 2.45) is 0 Å². The van der Waals surface area contributed by atoms with Crippen molar-refractivity contribution in [3.8, 4) is 0 Å². The lowest BCUT2D eigenvalue weighted by Crippen LogP contribution is -2.42. The molecule has 1 N–H and O–H groups in total. The Balaban J connectivity index is 1.67. The van der Waals surface area contributed by atoms with Gasteiger partial charge in [-0.2, -0.15) is 0 Å². The van der Waals surface area contributed by atoms with Crippen molar-refractivity contribution in [3.05, 3.63) is 120 Å². The van der Waals surface area contributed by atoms with E-state index < -0.39 is 0 Å². The summed E-state index contributed by atoms with van der Waals surface area (Å²) >= 11 is 0. The molecule has 0 atom stereocenters. The smallest absolute Gasteiger partial charge is 0.244 e. The van der Waals surface area contributed by atoms with E-state index in [1.165, 1.54) is 35.9 Å². The fourth-order valence-electron chi connectivity index (χ4n) is 3.62. The van der Waals surface area contributed by atoms with Gasteiger partial charge < -0.3 is 5.32 Å².